The van der Waals surface area contributed by atoms with Gasteiger partial charge in [0.1, 0.15) is 5.75 Å². The Morgan fingerprint density at radius 3 is 2.93 bits per heavy atom. The molecule has 0 amide bonds. The average Bonchev–Trinajstić information content (AvgIpc) is 2.56. The molecule has 1 aromatic carbocycles. The second-order valence-corrected chi connectivity index (χ2v) is 4.44. The maximum absolute atomic E-state index is 9.68. The minimum Gasteiger partial charge on any atom is -0.508 e. The van der Waals surface area contributed by atoms with Gasteiger partial charge in [-0.05, 0) is 37.1 Å². The Morgan fingerprint density at radius 1 is 1.50 bits per heavy atom. The fourth-order valence-corrected chi connectivity index (χ4v) is 2.13. The van der Waals surface area contributed by atoms with E-state index in [1.165, 1.54) is 0 Å². The highest BCUT2D eigenvalue weighted by atomic mass is 35.5. The first-order valence-corrected chi connectivity index (χ1v) is 5.26. The van der Waals surface area contributed by atoms with Crippen molar-refractivity contribution < 1.29 is 5.11 Å². The number of phenols is 1. The minimum atomic E-state index is 0.253. The zero-order valence-electron chi connectivity index (χ0n) is 8.13. The Hall–Kier alpha value is -0.730. The van der Waals surface area contributed by atoms with Crippen LogP contribution >= 0.6 is 11.6 Å². The summed E-state index contributed by atoms with van der Waals surface area (Å²) in [6.45, 7) is 3.21. The summed E-state index contributed by atoms with van der Waals surface area (Å²) in [5.74, 6) is 0.999. The lowest BCUT2D eigenvalue weighted by Crippen LogP contribution is -2.13. The molecule has 76 valence electrons. The van der Waals surface area contributed by atoms with Crippen molar-refractivity contribution in [3.8, 4) is 5.75 Å². The van der Waals surface area contributed by atoms with Crippen LogP contribution in [-0.2, 0) is 0 Å². The van der Waals surface area contributed by atoms with E-state index < -0.39 is 0 Å². The summed E-state index contributed by atoms with van der Waals surface area (Å²) in [5, 5.41) is 13.7. The summed E-state index contributed by atoms with van der Waals surface area (Å²) >= 11 is 5.89. The van der Waals surface area contributed by atoms with Crippen LogP contribution in [0.3, 0.4) is 0 Å². The summed E-state index contributed by atoms with van der Waals surface area (Å²) in [5.41, 5.74) is 0.918. The van der Waals surface area contributed by atoms with Gasteiger partial charge >= 0.3 is 0 Å². The van der Waals surface area contributed by atoms with Gasteiger partial charge in [0.2, 0.25) is 0 Å². The van der Waals surface area contributed by atoms with Gasteiger partial charge in [0.05, 0.1) is 0 Å². The lowest BCUT2D eigenvalue weighted by atomic mass is 10.0. The molecule has 1 saturated heterocycles. The van der Waals surface area contributed by atoms with Crippen LogP contribution in [0, 0.1) is 5.92 Å². The average molecular weight is 212 g/mol. The number of nitrogens with one attached hydrogen (secondary N) is 1. The van der Waals surface area contributed by atoms with Gasteiger partial charge in [-0.3, -0.25) is 0 Å². The van der Waals surface area contributed by atoms with Crippen molar-refractivity contribution in [2.24, 2.45) is 5.92 Å². The van der Waals surface area contributed by atoms with E-state index in [2.05, 4.69) is 12.2 Å². The minimum absolute atomic E-state index is 0.253. The summed E-state index contributed by atoms with van der Waals surface area (Å²) in [6.07, 6.45) is 1.06. The Labute approximate surface area is 88.9 Å². The van der Waals surface area contributed by atoms with Crippen molar-refractivity contribution in [2.45, 2.75) is 19.4 Å². The molecule has 0 bridgehead atoms. The quantitative estimate of drug-likeness (QED) is 0.749. The molecular weight excluding hydrogens is 198 g/mol. The highest BCUT2D eigenvalue weighted by Crippen LogP contribution is 2.33. The van der Waals surface area contributed by atoms with E-state index in [1.807, 2.05) is 6.07 Å². The van der Waals surface area contributed by atoms with E-state index in [0.717, 1.165) is 18.5 Å². The van der Waals surface area contributed by atoms with Crippen LogP contribution in [0.25, 0.3) is 0 Å². The Kier molecular flexibility index (Phi) is 2.66. The van der Waals surface area contributed by atoms with Crippen LogP contribution in [0.5, 0.6) is 5.75 Å². The molecule has 3 heteroatoms. The standard InChI is InChI=1S/C11H14ClNO/c1-7-4-10(13-6-7)9-5-8(12)2-3-11(9)14/h2-3,5,7,10,13-14H,4,6H2,1H3. The molecule has 1 aliphatic rings. The summed E-state index contributed by atoms with van der Waals surface area (Å²) in [7, 11) is 0. The van der Waals surface area contributed by atoms with Crippen LogP contribution in [0.1, 0.15) is 24.9 Å². The van der Waals surface area contributed by atoms with Crippen LogP contribution in [0.15, 0.2) is 18.2 Å². The monoisotopic (exact) mass is 211 g/mol. The van der Waals surface area contributed by atoms with Gasteiger partial charge in [-0.15, -0.1) is 0 Å². The van der Waals surface area contributed by atoms with E-state index in [-0.39, 0.29) is 6.04 Å². The highest BCUT2D eigenvalue weighted by Gasteiger charge is 2.24. The number of rotatable bonds is 1. The van der Waals surface area contributed by atoms with Gasteiger partial charge in [-0.25, -0.2) is 0 Å². The van der Waals surface area contributed by atoms with Crippen molar-refractivity contribution in [2.75, 3.05) is 6.54 Å². The zero-order chi connectivity index (χ0) is 10.1. The Morgan fingerprint density at radius 2 is 2.29 bits per heavy atom. The van der Waals surface area contributed by atoms with Crippen molar-refractivity contribution >= 4 is 11.6 Å². The molecule has 1 fully saturated rings. The van der Waals surface area contributed by atoms with Gasteiger partial charge in [0, 0.05) is 16.6 Å². The molecule has 2 atom stereocenters. The normalized spacial score (nSPS) is 26.7. The number of aromatic hydroxyl groups is 1. The first-order valence-electron chi connectivity index (χ1n) is 4.88. The number of halogens is 1. The molecular formula is C11H14ClNO. The van der Waals surface area contributed by atoms with Crippen LogP contribution in [0.4, 0.5) is 0 Å². The van der Waals surface area contributed by atoms with E-state index in [1.54, 1.807) is 12.1 Å². The number of phenolic OH excluding ortho intramolecular Hbond substituents is 1. The van der Waals surface area contributed by atoms with Gasteiger partial charge < -0.3 is 10.4 Å². The van der Waals surface area contributed by atoms with Gasteiger partial charge in [-0.1, -0.05) is 18.5 Å². The van der Waals surface area contributed by atoms with E-state index in [4.69, 9.17) is 11.6 Å². The molecule has 2 N–H and O–H groups in total. The molecule has 0 saturated carbocycles. The van der Waals surface area contributed by atoms with Gasteiger partial charge in [-0.2, -0.15) is 0 Å². The van der Waals surface area contributed by atoms with E-state index in [0.29, 0.717) is 16.7 Å². The number of hydrogen-bond acceptors (Lipinski definition) is 2. The molecule has 2 rings (SSSR count). The summed E-state index contributed by atoms with van der Waals surface area (Å²) < 4.78 is 0. The summed E-state index contributed by atoms with van der Waals surface area (Å²) in [6, 6.07) is 5.46. The second kappa shape index (κ2) is 3.79. The maximum atomic E-state index is 9.68. The Balaban J connectivity index is 2.27. The number of hydrogen-bond donors (Lipinski definition) is 2. The van der Waals surface area contributed by atoms with E-state index >= 15 is 0 Å². The zero-order valence-corrected chi connectivity index (χ0v) is 8.88. The molecule has 0 aromatic heterocycles. The molecule has 0 spiro atoms. The van der Waals surface area contributed by atoms with Crippen LogP contribution in [0.2, 0.25) is 5.02 Å². The SMILES string of the molecule is CC1CNC(c2cc(Cl)ccc2O)C1. The van der Waals surface area contributed by atoms with Crippen molar-refractivity contribution in [3.63, 3.8) is 0 Å². The lowest BCUT2D eigenvalue weighted by molar-refractivity contribution is 0.456. The van der Waals surface area contributed by atoms with Crippen LogP contribution in [-0.4, -0.2) is 11.7 Å². The number of benzene rings is 1. The maximum Gasteiger partial charge on any atom is 0.120 e. The molecule has 1 heterocycles. The third-order valence-electron chi connectivity index (χ3n) is 2.72. The lowest BCUT2D eigenvalue weighted by Gasteiger charge is -2.12. The Bertz CT molecular complexity index is 340. The molecule has 2 nitrogen and oxygen atoms in total. The smallest absolute Gasteiger partial charge is 0.120 e. The van der Waals surface area contributed by atoms with Crippen LogP contribution < -0.4 is 5.32 Å². The molecule has 2 unspecified atom stereocenters. The molecule has 0 aliphatic carbocycles. The fraction of sp³-hybridized carbons (Fsp3) is 0.455. The largest absolute Gasteiger partial charge is 0.508 e. The topological polar surface area (TPSA) is 32.3 Å². The molecule has 1 aliphatic heterocycles. The van der Waals surface area contributed by atoms with Gasteiger partial charge in [0.15, 0.2) is 0 Å². The third-order valence-corrected chi connectivity index (χ3v) is 2.95. The van der Waals surface area contributed by atoms with Gasteiger partial charge in [0.25, 0.3) is 0 Å². The first-order chi connectivity index (χ1) is 6.66. The predicted octanol–water partition coefficient (Wildman–Crippen LogP) is 2.72. The third kappa shape index (κ3) is 1.86. The molecule has 14 heavy (non-hydrogen) atoms. The van der Waals surface area contributed by atoms with E-state index in [9.17, 15) is 5.11 Å². The fourth-order valence-electron chi connectivity index (χ4n) is 1.95. The highest BCUT2D eigenvalue weighted by molar-refractivity contribution is 6.30. The predicted molar refractivity (Wildman–Crippen MR) is 57.6 cm³/mol. The van der Waals surface area contributed by atoms with Crippen molar-refractivity contribution in [1.82, 2.24) is 5.32 Å². The van der Waals surface area contributed by atoms with Crippen molar-refractivity contribution in [3.05, 3.63) is 28.8 Å². The first kappa shape index (κ1) is 9.81. The van der Waals surface area contributed by atoms with Crippen molar-refractivity contribution in [1.29, 1.82) is 0 Å². The summed E-state index contributed by atoms with van der Waals surface area (Å²) in [4.78, 5) is 0. The second-order valence-electron chi connectivity index (χ2n) is 4.00. The molecule has 0 radical (unpaired) electrons. The molecule has 1 aromatic rings.